The lowest BCUT2D eigenvalue weighted by atomic mass is 10.0. The van der Waals surface area contributed by atoms with Gasteiger partial charge in [-0.05, 0) is 56.1 Å². The average molecular weight is 443 g/mol. The fourth-order valence-corrected chi connectivity index (χ4v) is 4.07. The number of carbonyl (C=O) groups is 1. The molecule has 0 spiro atoms. The monoisotopic (exact) mass is 442 g/mol. The molecule has 6 nitrogen and oxygen atoms in total. The van der Waals surface area contributed by atoms with Crippen LogP contribution in [0.2, 0.25) is 0 Å². The Kier molecular flexibility index (Phi) is 9.72. The summed E-state index contributed by atoms with van der Waals surface area (Å²) in [4.78, 5) is 14.7. The van der Waals surface area contributed by atoms with Gasteiger partial charge in [-0.25, -0.2) is 0 Å². The summed E-state index contributed by atoms with van der Waals surface area (Å²) >= 11 is 0. The topological polar surface area (TPSA) is 58.5 Å². The number of aromatic nitrogens is 1. The summed E-state index contributed by atoms with van der Waals surface area (Å²) in [6.45, 7) is 7.88. The molecule has 2 aliphatic heterocycles. The highest BCUT2D eigenvalue weighted by Gasteiger charge is 2.16. The van der Waals surface area contributed by atoms with Gasteiger partial charge < -0.3 is 19.9 Å². The molecule has 1 amide bonds. The Balaban J connectivity index is 0.00000150. The van der Waals surface area contributed by atoms with E-state index in [1.165, 1.54) is 17.3 Å². The van der Waals surface area contributed by atoms with E-state index in [2.05, 4.69) is 44.5 Å². The summed E-state index contributed by atoms with van der Waals surface area (Å²) in [5, 5.41) is 7.59. The van der Waals surface area contributed by atoms with Gasteiger partial charge in [-0.15, -0.1) is 24.8 Å². The van der Waals surface area contributed by atoms with Gasteiger partial charge in [0, 0.05) is 55.4 Å². The zero-order chi connectivity index (χ0) is 18.5. The van der Waals surface area contributed by atoms with Crippen LogP contribution >= 0.6 is 24.8 Å². The van der Waals surface area contributed by atoms with E-state index in [9.17, 15) is 4.79 Å². The molecule has 1 unspecified atom stereocenters. The van der Waals surface area contributed by atoms with Crippen LogP contribution in [0.4, 0.5) is 5.69 Å². The Bertz CT molecular complexity index is 771. The number of anilines is 1. The van der Waals surface area contributed by atoms with Gasteiger partial charge in [-0.2, -0.15) is 0 Å². The van der Waals surface area contributed by atoms with Crippen LogP contribution in [0.25, 0.3) is 10.9 Å². The molecule has 1 atom stereocenters. The number of carbonyl (C=O) groups excluding carboxylic acids is 1. The zero-order valence-electron chi connectivity index (χ0n) is 16.8. The van der Waals surface area contributed by atoms with E-state index < -0.39 is 0 Å². The lowest BCUT2D eigenvalue weighted by Crippen LogP contribution is -2.38. The van der Waals surface area contributed by atoms with E-state index in [0.29, 0.717) is 12.3 Å². The van der Waals surface area contributed by atoms with Gasteiger partial charge in [0.1, 0.15) is 0 Å². The van der Waals surface area contributed by atoms with Gasteiger partial charge in [-0.3, -0.25) is 9.69 Å². The van der Waals surface area contributed by atoms with Gasteiger partial charge in [0.05, 0.1) is 13.2 Å². The summed E-state index contributed by atoms with van der Waals surface area (Å²) in [6.07, 6.45) is 4.91. The summed E-state index contributed by atoms with van der Waals surface area (Å²) in [5.41, 5.74) is 2.11. The lowest BCUT2D eigenvalue weighted by molar-refractivity contribution is -0.116. The molecule has 0 aliphatic carbocycles. The smallest absolute Gasteiger partial charge is 0.224 e. The number of amides is 1. The van der Waals surface area contributed by atoms with Gasteiger partial charge >= 0.3 is 0 Å². The molecular weight excluding hydrogens is 411 g/mol. The maximum Gasteiger partial charge on any atom is 0.224 e. The second kappa shape index (κ2) is 11.8. The standard InChI is InChI=1S/C21H30N4O2.2ClH/c26-21(4-1-17-5-7-22-16-17)23-19-2-3-20-18(15-19)6-8-25(20)10-9-24-11-13-27-14-12-24;;/h2-3,6,8,15,17,22H,1,4-5,7,9-14,16H2,(H,23,26);2*1H. The first kappa shape index (κ1) is 24.0. The third kappa shape index (κ3) is 6.59. The summed E-state index contributed by atoms with van der Waals surface area (Å²) in [5.74, 6) is 0.770. The van der Waals surface area contributed by atoms with Crippen LogP contribution in [0, 0.1) is 5.92 Å². The Hall–Kier alpha value is -1.31. The molecule has 4 rings (SSSR count). The van der Waals surface area contributed by atoms with E-state index in [4.69, 9.17) is 4.74 Å². The first-order chi connectivity index (χ1) is 13.3. The van der Waals surface area contributed by atoms with E-state index in [-0.39, 0.29) is 30.7 Å². The predicted molar refractivity (Wildman–Crippen MR) is 123 cm³/mol. The van der Waals surface area contributed by atoms with Crippen LogP contribution in [-0.4, -0.2) is 61.3 Å². The molecule has 2 aliphatic rings. The molecule has 3 heterocycles. The first-order valence-electron chi connectivity index (χ1n) is 10.2. The van der Waals surface area contributed by atoms with Crippen molar-refractivity contribution in [2.24, 2.45) is 5.92 Å². The molecule has 2 fully saturated rings. The minimum Gasteiger partial charge on any atom is -0.379 e. The molecule has 2 N–H and O–H groups in total. The zero-order valence-corrected chi connectivity index (χ0v) is 18.4. The average Bonchev–Trinajstić information content (AvgIpc) is 3.35. The van der Waals surface area contributed by atoms with Gasteiger partial charge in [-0.1, -0.05) is 0 Å². The third-order valence-electron chi connectivity index (χ3n) is 5.76. The van der Waals surface area contributed by atoms with Crippen molar-refractivity contribution in [2.45, 2.75) is 25.8 Å². The van der Waals surface area contributed by atoms with Crippen LogP contribution in [0.3, 0.4) is 0 Å². The molecule has 0 bridgehead atoms. The molecule has 1 aromatic heterocycles. The number of benzene rings is 1. The van der Waals surface area contributed by atoms with E-state index >= 15 is 0 Å². The minimum atomic E-state index is 0. The summed E-state index contributed by atoms with van der Waals surface area (Å²) < 4.78 is 7.71. The maximum absolute atomic E-state index is 12.2. The number of nitrogens with one attached hydrogen (secondary N) is 2. The number of ether oxygens (including phenoxy) is 1. The lowest BCUT2D eigenvalue weighted by Gasteiger charge is -2.26. The number of halogens is 2. The summed E-state index contributed by atoms with van der Waals surface area (Å²) in [7, 11) is 0. The van der Waals surface area contributed by atoms with E-state index in [1.54, 1.807) is 0 Å². The minimum absolute atomic E-state index is 0. The quantitative estimate of drug-likeness (QED) is 0.691. The van der Waals surface area contributed by atoms with Crippen molar-refractivity contribution in [3.05, 3.63) is 30.5 Å². The number of nitrogens with zero attached hydrogens (tertiary/aromatic N) is 2. The maximum atomic E-state index is 12.2. The van der Waals surface area contributed by atoms with Crippen LogP contribution in [0.5, 0.6) is 0 Å². The van der Waals surface area contributed by atoms with E-state index in [1.807, 2.05) is 6.07 Å². The normalized spacial score (nSPS) is 19.5. The van der Waals surface area contributed by atoms with Crippen molar-refractivity contribution in [3.8, 4) is 0 Å². The van der Waals surface area contributed by atoms with Crippen LogP contribution in [0.15, 0.2) is 30.5 Å². The molecule has 0 radical (unpaired) electrons. The Morgan fingerprint density at radius 2 is 2.00 bits per heavy atom. The SMILES string of the molecule is Cl.Cl.O=C(CCC1CCNC1)Nc1ccc2c(ccn2CCN2CCOCC2)c1. The fourth-order valence-electron chi connectivity index (χ4n) is 4.07. The van der Waals surface area contributed by atoms with Crippen molar-refractivity contribution in [3.63, 3.8) is 0 Å². The molecule has 2 saturated heterocycles. The Morgan fingerprint density at radius 3 is 2.76 bits per heavy atom. The summed E-state index contributed by atoms with van der Waals surface area (Å²) in [6, 6.07) is 8.35. The highest BCUT2D eigenvalue weighted by Crippen LogP contribution is 2.21. The second-order valence-electron chi connectivity index (χ2n) is 7.68. The number of rotatable bonds is 7. The van der Waals surface area contributed by atoms with Crippen molar-refractivity contribution in [2.75, 3.05) is 51.3 Å². The van der Waals surface area contributed by atoms with Crippen molar-refractivity contribution in [1.82, 2.24) is 14.8 Å². The number of morpholine rings is 1. The molecule has 1 aromatic carbocycles. The molecular formula is C21H32Cl2N4O2. The molecule has 8 heteroatoms. The van der Waals surface area contributed by atoms with Crippen LogP contribution < -0.4 is 10.6 Å². The Morgan fingerprint density at radius 1 is 1.17 bits per heavy atom. The molecule has 29 heavy (non-hydrogen) atoms. The number of hydrogen-bond donors (Lipinski definition) is 2. The third-order valence-corrected chi connectivity index (χ3v) is 5.76. The van der Waals surface area contributed by atoms with Crippen molar-refractivity contribution in [1.29, 1.82) is 0 Å². The highest BCUT2D eigenvalue weighted by molar-refractivity contribution is 5.93. The molecule has 2 aromatic rings. The Labute approximate surface area is 185 Å². The fraction of sp³-hybridized carbons (Fsp3) is 0.571. The number of fused-ring (bicyclic) bond motifs is 1. The van der Waals surface area contributed by atoms with Crippen LogP contribution in [0.1, 0.15) is 19.3 Å². The predicted octanol–water partition coefficient (Wildman–Crippen LogP) is 3.15. The van der Waals surface area contributed by atoms with Gasteiger partial charge in [0.25, 0.3) is 0 Å². The molecule has 0 saturated carbocycles. The van der Waals surface area contributed by atoms with Crippen molar-refractivity contribution < 1.29 is 9.53 Å². The first-order valence-corrected chi connectivity index (χ1v) is 10.2. The van der Waals surface area contributed by atoms with Crippen molar-refractivity contribution >= 4 is 47.3 Å². The highest BCUT2D eigenvalue weighted by atomic mass is 35.5. The van der Waals surface area contributed by atoms with Gasteiger partial charge in [0.2, 0.25) is 5.91 Å². The molecule has 162 valence electrons. The van der Waals surface area contributed by atoms with E-state index in [0.717, 1.165) is 64.6 Å². The van der Waals surface area contributed by atoms with Crippen LogP contribution in [-0.2, 0) is 16.1 Å². The van der Waals surface area contributed by atoms with Gasteiger partial charge in [0.15, 0.2) is 0 Å². The largest absolute Gasteiger partial charge is 0.379 e. The number of hydrogen-bond acceptors (Lipinski definition) is 4. The second-order valence-corrected chi connectivity index (χ2v) is 7.68.